The standard InChI is InChI=1S/C17H29N3O/c18-16-11-2-1-3-12(16)9-13(8-11)17(21)20-7-6-14-4-5-15(10-20)19-14/h11-16,19H,1-10,18H2. The van der Waals surface area contributed by atoms with Gasteiger partial charge in [0.15, 0.2) is 0 Å². The first-order chi connectivity index (χ1) is 10.2. The van der Waals surface area contributed by atoms with Gasteiger partial charge in [-0.25, -0.2) is 0 Å². The van der Waals surface area contributed by atoms with E-state index in [1.54, 1.807) is 0 Å². The molecule has 0 aromatic carbocycles. The summed E-state index contributed by atoms with van der Waals surface area (Å²) in [5.41, 5.74) is 6.36. The third-order valence-electron chi connectivity index (χ3n) is 6.60. The Morgan fingerprint density at radius 3 is 2.48 bits per heavy atom. The van der Waals surface area contributed by atoms with Gasteiger partial charge in [-0.15, -0.1) is 0 Å². The van der Waals surface area contributed by atoms with E-state index in [9.17, 15) is 4.79 Å². The summed E-state index contributed by atoms with van der Waals surface area (Å²) in [4.78, 5) is 15.2. The number of amides is 1. The lowest BCUT2D eigenvalue weighted by molar-refractivity contribution is -0.138. The molecule has 1 amide bonds. The molecule has 4 rings (SSSR count). The third kappa shape index (κ3) is 2.61. The molecule has 2 aliphatic carbocycles. The van der Waals surface area contributed by atoms with Crippen molar-refractivity contribution in [3.8, 4) is 0 Å². The maximum atomic E-state index is 13.0. The zero-order valence-electron chi connectivity index (χ0n) is 13.0. The van der Waals surface area contributed by atoms with Gasteiger partial charge in [-0.05, 0) is 56.8 Å². The van der Waals surface area contributed by atoms with Gasteiger partial charge in [0.25, 0.3) is 0 Å². The molecule has 2 saturated carbocycles. The Balaban J connectivity index is 1.43. The summed E-state index contributed by atoms with van der Waals surface area (Å²) in [5.74, 6) is 1.91. The van der Waals surface area contributed by atoms with Gasteiger partial charge in [0.1, 0.15) is 0 Å². The minimum atomic E-state index is 0.261. The normalized spacial score (nSPS) is 46.2. The maximum absolute atomic E-state index is 13.0. The number of nitrogens with one attached hydrogen (secondary N) is 1. The van der Waals surface area contributed by atoms with Gasteiger partial charge in [-0.2, -0.15) is 0 Å². The zero-order valence-corrected chi connectivity index (χ0v) is 13.0. The van der Waals surface area contributed by atoms with Crippen LogP contribution in [0.4, 0.5) is 0 Å². The third-order valence-corrected chi connectivity index (χ3v) is 6.60. The molecule has 0 spiro atoms. The van der Waals surface area contributed by atoms with Crippen LogP contribution in [-0.2, 0) is 4.79 Å². The number of nitrogens with zero attached hydrogens (tertiary/aromatic N) is 1. The molecule has 4 heteroatoms. The van der Waals surface area contributed by atoms with E-state index in [0.29, 0.717) is 35.9 Å². The van der Waals surface area contributed by atoms with Gasteiger partial charge >= 0.3 is 0 Å². The average Bonchev–Trinajstić information content (AvgIpc) is 2.77. The second kappa shape index (κ2) is 5.54. The van der Waals surface area contributed by atoms with Crippen LogP contribution in [0.25, 0.3) is 0 Å². The lowest BCUT2D eigenvalue weighted by atomic mass is 9.65. The van der Waals surface area contributed by atoms with Crippen molar-refractivity contribution in [3.63, 3.8) is 0 Å². The molecule has 4 unspecified atom stereocenters. The van der Waals surface area contributed by atoms with E-state index in [4.69, 9.17) is 5.73 Å². The summed E-state index contributed by atoms with van der Waals surface area (Å²) < 4.78 is 0. The molecule has 118 valence electrons. The number of rotatable bonds is 1. The van der Waals surface area contributed by atoms with Crippen LogP contribution in [-0.4, -0.2) is 42.0 Å². The van der Waals surface area contributed by atoms with Gasteiger partial charge in [0, 0.05) is 37.1 Å². The van der Waals surface area contributed by atoms with Crippen molar-refractivity contribution in [2.75, 3.05) is 13.1 Å². The number of hydrogen-bond donors (Lipinski definition) is 2. The molecule has 3 N–H and O–H groups in total. The minimum Gasteiger partial charge on any atom is -0.341 e. The van der Waals surface area contributed by atoms with E-state index in [-0.39, 0.29) is 5.92 Å². The lowest BCUT2D eigenvalue weighted by Crippen LogP contribution is -2.50. The first-order valence-electron chi connectivity index (χ1n) is 9.01. The van der Waals surface area contributed by atoms with E-state index >= 15 is 0 Å². The number of carbonyl (C=O) groups excluding carboxylic acids is 1. The Morgan fingerprint density at radius 1 is 1.00 bits per heavy atom. The first kappa shape index (κ1) is 14.0. The summed E-state index contributed by atoms with van der Waals surface area (Å²) >= 11 is 0. The quantitative estimate of drug-likeness (QED) is 0.769. The average molecular weight is 291 g/mol. The highest BCUT2D eigenvalue weighted by atomic mass is 16.2. The number of hydrogen-bond acceptors (Lipinski definition) is 3. The van der Waals surface area contributed by atoms with Crippen LogP contribution < -0.4 is 11.1 Å². The second-order valence-corrected chi connectivity index (χ2v) is 7.91. The van der Waals surface area contributed by atoms with Crippen molar-refractivity contribution < 1.29 is 4.79 Å². The lowest BCUT2D eigenvalue weighted by Gasteiger charge is -2.44. The Morgan fingerprint density at radius 2 is 1.71 bits per heavy atom. The molecule has 0 aromatic heterocycles. The van der Waals surface area contributed by atoms with Gasteiger partial charge in [-0.1, -0.05) is 6.42 Å². The molecule has 0 radical (unpaired) electrons. The van der Waals surface area contributed by atoms with Crippen molar-refractivity contribution in [2.45, 2.75) is 69.5 Å². The topological polar surface area (TPSA) is 58.4 Å². The zero-order chi connectivity index (χ0) is 14.4. The van der Waals surface area contributed by atoms with Crippen molar-refractivity contribution in [3.05, 3.63) is 0 Å². The smallest absolute Gasteiger partial charge is 0.225 e. The highest BCUT2D eigenvalue weighted by molar-refractivity contribution is 5.79. The fourth-order valence-corrected chi connectivity index (χ4v) is 5.39. The minimum absolute atomic E-state index is 0.261. The van der Waals surface area contributed by atoms with Crippen LogP contribution in [0.1, 0.15) is 51.4 Å². The molecule has 2 aliphatic heterocycles. The van der Waals surface area contributed by atoms with Gasteiger partial charge in [0.05, 0.1) is 0 Å². The molecular weight excluding hydrogens is 262 g/mol. The molecule has 4 bridgehead atoms. The summed E-state index contributed by atoms with van der Waals surface area (Å²) in [7, 11) is 0. The van der Waals surface area contributed by atoms with Crippen LogP contribution in [0.3, 0.4) is 0 Å². The van der Waals surface area contributed by atoms with E-state index < -0.39 is 0 Å². The maximum Gasteiger partial charge on any atom is 0.225 e. The SMILES string of the molecule is NC1C2CCCC1CC(C(=O)N1CCC3CCC(C1)N3)C2. The number of carbonyl (C=O) groups is 1. The Labute approximate surface area is 127 Å². The molecule has 21 heavy (non-hydrogen) atoms. The van der Waals surface area contributed by atoms with Gasteiger partial charge in [0.2, 0.25) is 5.91 Å². The molecule has 2 heterocycles. The van der Waals surface area contributed by atoms with Crippen molar-refractivity contribution in [1.29, 1.82) is 0 Å². The molecule has 2 saturated heterocycles. The fourth-order valence-electron chi connectivity index (χ4n) is 5.39. The molecule has 4 atom stereocenters. The number of nitrogens with two attached hydrogens (primary N) is 1. The predicted octanol–water partition coefficient (Wildman–Crippen LogP) is 1.49. The van der Waals surface area contributed by atoms with Gasteiger partial charge in [-0.3, -0.25) is 4.79 Å². The second-order valence-electron chi connectivity index (χ2n) is 7.91. The van der Waals surface area contributed by atoms with E-state index in [0.717, 1.165) is 32.4 Å². The van der Waals surface area contributed by atoms with Crippen LogP contribution in [0.15, 0.2) is 0 Å². The summed E-state index contributed by atoms with van der Waals surface area (Å²) in [6.45, 7) is 1.90. The van der Waals surface area contributed by atoms with E-state index in [1.165, 1.54) is 32.1 Å². The van der Waals surface area contributed by atoms with Crippen molar-refractivity contribution in [2.24, 2.45) is 23.5 Å². The Hall–Kier alpha value is -0.610. The van der Waals surface area contributed by atoms with E-state index in [2.05, 4.69) is 10.2 Å². The molecule has 0 aromatic rings. The van der Waals surface area contributed by atoms with Crippen molar-refractivity contribution in [1.82, 2.24) is 10.2 Å². The highest BCUT2D eigenvalue weighted by Crippen LogP contribution is 2.42. The van der Waals surface area contributed by atoms with Crippen LogP contribution in [0.2, 0.25) is 0 Å². The molecule has 4 fully saturated rings. The molecular formula is C17H29N3O. The monoisotopic (exact) mass is 291 g/mol. The Kier molecular flexibility index (Phi) is 3.70. The summed E-state index contributed by atoms with van der Waals surface area (Å²) in [6, 6.07) is 1.57. The number of likely N-dealkylation sites (tertiary alicyclic amines) is 1. The Bertz CT molecular complexity index is 399. The van der Waals surface area contributed by atoms with Crippen molar-refractivity contribution >= 4 is 5.91 Å². The van der Waals surface area contributed by atoms with Crippen LogP contribution in [0.5, 0.6) is 0 Å². The molecule has 4 nitrogen and oxygen atoms in total. The summed E-state index contributed by atoms with van der Waals surface area (Å²) in [6.07, 6.45) is 9.59. The van der Waals surface area contributed by atoms with Gasteiger partial charge < -0.3 is 16.0 Å². The first-order valence-corrected chi connectivity index (χ1v) is 9.01. The van der Waals surface area contributed by atoms with E-state index in [1.807, 2.05) is 0 Å². The molecule has 4 aliphatic rings. The van der Waals surface area contributed by atoms with Crippen LogP contribution >= 0.6 is 0 Å². The largest absolute Gasteiger partial charge is 0.341 e. The predicted molar refractivity (Wildman–Crippen MR) is 82.7 cm³/mol. The van der Waals surface area contributed by atoms with Crippen LogP contribution in [0, 0.1) is 17.8 Å². The summed E-state index contributed by atoms with van der Waals surface area (Å²) in [5, 5.41) is 3.67. The number of fused-ring (bicyclic) bond motifs is 4. The highest BCUT2D eigenvalue weighted by Gasteiger charge is 2.42. The fraction of sp³-hybridized carbons (Fsp3) is 0.941.